The SMILES string of the molecule is N#Cc1[nH]c[n+](Cc2ccc3c(c2)OCO3)c1N. The van der Waals surface area contributed by atoms with E-state index < -0.39 is 0 Å². The molecule has 1 aromatic carbocycles. The number of hydrogen-bond acceptors (Lipinski definition) is 4. The number of aromatic amines is 1. The Morgan fingerprint density at radius 3 is 3.00 bits per heavy atom. The lowest BCUT2D eigenvalue weighted by Crippen LogP contribution is -2.35. The largest absolute Gasteiger partial charge is 0.454 e. The Bertz CT molecular complexity index is 642. The van der Waals surface area contributed by atoms with E-state index in [4.69, 9.17) is 20.5 Å². The van der Waals surface area contributed by atoms with Crippen LogP contribution < -0.4 is 19.8 Å². The molecule has 0 radical (unpaired) electrons. The summed E-state index contributed by atoms with van der Waals surface area (Å²) in [6.45, 7) is 0.831. The van der Waals surface area contributed by atoms with Gasteiger partial charge in [0.25, 0.3) is 5.82 Å². The second-order valence-electron chi connectivity index (χ2n) is 3.96. The quantitative estimate of drug-likeness (QED) is 0.753. The number of nitrogens with two attached hydrogens (primary N) is 1. The van der Waals surface area contributed by atoms with Crippen LogP contribution in [-0.4, -0.2) is 11.8 Å². The Labute approximate surface area is 103 Å². The third-order valence-electron chi connectivity index (χ3n) is 2.83. The van der Waals surface area contributed by atoms with E-state index in [9.17, 15) is 0 Å². The maximum atomic E-state index is 8.81. The van der Waals surface area contributed by atoms with Gasteiger partial charge in [-0.05, 0) is 17.7 Å². The first-order chi connectivity index (χ1) is 8.78. The number of hydrogen-bond donors (Lipinski definition) is 2. The molecule has 18 heavy (non-hydrogen) atoms. The maximum Gasteiger partial charge on any atom is 0.270 e. The van der Waals surface area contributed by atoms with Crippen LogP contribution in [0.25, 0.3) is 0 Å². The standard InChI is InChI=1S/C12H10N4O2/c13-4-9-12(14)16(6-15-9)5-8-1-2-10-11(3-8)18-7-17-10/h1-3,6H,5,7,14H2/p+1. The number of fused-ring (bicyclic) bond motifs is 1. The predicted molar refractivity (Wildman–Crippen MR) is 61.8 cm³/mol. The molecule has 6 nitrogen and oxygen atoms in total. The van der Waals surface area contributed by atoms with Crippen LogP contribution in [0.2, 0.25) is 0 Å². The van der Waals surface area contributed by atoms with Crippen molar-refractivity contribution in [1.82, 2.24) is 4.98 Å². The van der Waals surface area contributed by atoms with E-state index in [2.05, 4.69) is 4.98 Å². The Balaban J connectivity index is 1.88. The van der Waals surface area contributed by atoms with E-state index >= 15 is 0 Å². The summed E-state index contributed by atoms with van der Waals surface area (Å²) in [6, 6.07) is 7.72. The lowest BCUT2D eigenvalue weighted by atomic mass is 10.2. The number of anilines is 1. The van der Waals surface area contributed by atoms with Gasteiger partial charge in [0.05, 0.1) is 6.54 Å². The number of H-pyrrole nitrogens is 1. The Hall–Kier alpha value is -2.68. The molecule has 0 saturated carbocycles. The first kappa shape index (κ1) is 10.5. The average molecular weight is 243 g/mol. The van der Waals surface area contributed by atoms with Crippen LogP contribution in [0.1, 0.15) is 11.3 Å². The van der Waals surface area contributed by atoms with Crippen LogP contribution in [0.4, 0.5) is 5.82 Å². The van der Waals surface area contributed by atoms with Crippen LogP contribution in [0.5, 0.6) is 11.5 Å². The zero-order valence-electron chi connectivity index (χ0n) is 9.51. The van der Waals surface area contributed by atoms with Gasteiger partial charge in [-0.25, -0.2) is 4.57 Å². The molecule has 0 aliphatic carbocycles. The number of rotatable bonds is 2. The minimum Gasteiger partial charge on any atom is -0.454 e. The predicted octanol–water partition coefficient (Wildman–Crippen LogP) is 0.533. The van der Waals surface area contributed by atoms with Gasteiger partial charge in [-0.15, -0.1) is 0 Å². The first-order valence-electron chi connectivity index (χ1n) is 5.43. The van der Waals surface area contributed by atoms with Gasteiger partial charge in [0, 0.05) is 0 Å². The number of imidazole rings is 1. The fourth-order valence-corrected chi connectivity index (χ4v) is 1.89. The second kappa shape index (κ2) is 3.96. The summed E-state index contributed by atoms with van der Waals surface area (Å²) in [5.74, 6) is 1.92. The van der Waals surface area contributed by atoms with E-state index in [1.807, 2.05) is 24.3 Å². The molecule has 1 aliphatic rings. The molecule has 90 valence electrons. The Morgan fingerprint density at radius 2 is 2.22 bits per heavy atom. The van der Waals surface area contributed by atoms with E-state index in [-0.39, 0.29) is 6.79 Å². The van der Waals surface area contributed by atoms with Crippen molar-refractivity contribution >= 4 is 5.82 Å². The van der Waals surface area contributed by atoms with Crippen molar-refractivity contribution < 1.29 is 14.0 Å². The summed E-state index contributed by atoms with van der Waals surface area (Å²) in [5.41, 5.74) is 7.23. The van der Waals surface area contributed by atoms with E-state index in [0.29, 0.717) is 18.1 Å². The van der Waals surface area contributed by atoms with Gasteiger partial charge < -0.3 is 15.2 Å². The molecule has 1 aromatic heterocycles. The minimum atomic E-state index is 0.261. The smallest absolute Gasteiger partial charge is 0.270 e. The third kappa shape index (κ3) is 1.62. The first-order valence-corrected chi connectivity index (χ1v) is 5.43. The second-order valence-corrected chi connectivity index (χ2v) is 3.96. The average Bonchev–Trinajstić information content (AvgIpc) is 2.97. The fraction of sp³-hybridized carbons (Fsp3) is 0.167. The zero-order valence-corrected chi connectivity index (χ0v) is 9.51. The van der Waals surface area contributed by atoms with Crippen LogP contribution in [0.15, 0.2) is 24.5 Å². The van der Waals surface area contributed by atoms with E-state index in [0.717, 1.165) is 17.1 Å². The molecular formula is C12H11N4O2+. The molecule has 0 amide bonds. The molecule has 3 rings (SSSR count). The normalized spacial score (nSPS) is 12.4. The van der Waals surface area contributed by atoms with Crippen molar-refractivity contribution in [3.05, 3.63) is 35.8 Å². The van der Waals surface area contributed by atoms with Crippen molar-refractivity contribution in [3.63, 3.8) is 0 Å². The van der Waals surface area contributed by atoms with Gasteiger partial charge >= 0.3 is 0 Å². The van der Waals surface area contributed by atoms with Crippen LogP contribution >= 0.6 is 0 Å². The Kier molecular flexibility index (Phi) is 2.31. The number of nitrogen functional groups attached to an aromatic ring is 1. The summed E-state index contributed by atoms with van der Waals surface area (Å²) in [6.07, 6.45) is 1.68. The number of nitrogens with zero attached hydrogens (tertiary/aromatic N) is 2. The molecule has 0 unspecified atom stereocenters. The Morgan fingerprint density at radius 1 is 1.39 bits per heavy atom. The topological polar surface area (TPSA) is 87.9 Å². The molecule has 2 aromatic rings. The monoisotopic (exact) mass is 243 g/mol. The van der Waals surface area contributed by atoms with Crippen molar-refractivity contribution in [2.24, 2.45) is 0 Å². The highest BCUT2D eigenvalue weighted by molar-refractivity contribution is 5.44. The molecule has 2 heterocycles. The molecule has 0 fully saturated rings. The van der Waals surface area contributed by atoms with Crippen LogP contribution in [0, 0.1) is 11.3 Å². The minimum absolute atomic E-state index is 0.261. The summed E-state index contributed by atoms with van der Waals surface area (Å²) in [7, 11) is 0. The fourth-order valence-electron chi connectivity index (χ4n) is 1.89. The highest BCUT2D eigenvalue weighted by Crippen LogP contribution is 2.32. The van der Waals surface area contributed by atoms with Crippen LogP contribution in [0.3, 0.4) is 0 Å². The number of ether oxygens (including phenoxy) is 2. The molecule has 3 N–H and O–H groups in total. The van der Waals surface area contributed by atoms with Gasteiger partial charge in [0.1, 0.15) is 6.07 Å². The number of nitriles is 1. The van der Waals surface area contributed by atoms with Crippen molar-refractivity contribution in [2.45, 2.75) is 6.54 Å². The molecule has 0 bridgehead atoms. The highest BCUT2D eigenvalue weighted by Gasteiger charge is 2.16. The summed E-state index contributed by atoms with van der Waals surface area (Å²) in [4.78, 5) is 2.82. The zero-order chi connectivity index (χ0) is 12.5. The molecule has 6 heteroatoms. The van der Waals surface area contributed by atoms with Gasteiger partial charge in [-0.2, -0.15) is 5.26 Å². The number of benzene rings is 1. The molecule has 0 atom stereocenters. The lowest BCUT2D eigenvalue weighted by molar-refractivity contribution is -0.673. The van der Waals surface area contributed by atoms with E-state index in [1.54, 1.807) is 10.9 Å². The highest BCUT2D eigenvalue weighted by atomic mass is 16.7. The van der Waals surface area contributed by atoms with Crippen molar-refractivity contribution in [2.75, 3.05) is 12.5 Å². The maximum absolute atomic E-state index is 8.81. The molecular weight excluding hydrogens is 232 g/mol. The summed E-state index contributed by atoms with van der Waals surface area (Å²) < 4.78 is 12.3. The summed E-state index contributed by atoms with van der Waals surface area (Å²) >= 11 is 0. The summed E-state index contributed by atoms with van der Waals surface area (Å²) in [5, 5.41) is 8.81. The van der Waals surface area contributed by atoms with Crippen molar-refractivity contribution in [3.8, 4) is 17.6 Å². The third-order valence-corrected chi connectivity index (χ3v) is 2.83. The van der Waals surface area contributed by atoms with Crippen LogP contribution in [-0.2, 0) is 6.54 Å². The van der Waals surface area contributed by atoms with Gasteiger partial charge in [0.15, 0.2) is 17.8 Å². The van der Waals surface area contributed by atoms with E-state index in [1.165, 1.54) is 0 Å². The number of nitrogens with one attached hydrogen (secondary N) is 1. The number of aromatic nitrogens is 2. The molecule has 1 aliphatic heterocycles. The van der Waals surface area contributed by atoms with Gasteiger partial charge in [-0.1, -0.05) is 6.07 Å². The molecule has 0 spiro atoms. The lowest BCUT2D eigenvalue weighted by Gasteiger charge is -2.02. The van der Waals surface area contributed by atoms with Gasteiger partial charge in [0.2, 0.25) is 12.5 Å². The molecule has 0 saturated heterocycles. The van der Waals surface area contributed by atoms with Gasteiger partial charge in [-0.3, -0.25) is 4.98 Å². The van der Waals surface area contributed by atoms with Crippen molar-refractivity contribution in [1.29, 1.82) is 5.26 Å².